The molecule has 2 N–H and O–H groups in total. The molecule has 0 radical (unpaired) electrons. The van der Waals surface area contributed by atoms with Crippen LogP contribution in [-0.2, 0) is 6.54 Å². The number of hydrogen-bond acceptors (Lipinski definition) is 7. The molecule has 0 aromatic carbocycles. The van der Waals surface area contributed by atoms with Gasteiger partial charge in [-0.2, -0.15) is 21.3 Å². The third kappa shape index (κ3) is 4.25. The molecule has 0 unspecified atom stereocenters. The Labute approximate surface area is 186 Å². The van der Waals surface area contributed by atoms with E-state index < -0.39 is 0 Å². The molecular weight excluding hydrogens is 406 g/mol. The van der Waals surface area contributed by atoms with Gasteiger partial charge in [-0.05, 0) is 42.3 Å². The van der Waals surface area contributed by atoms with Crippen LogP contribution in [0.1, 0.15) is 50.6 Å². The zero-order valence-corrected chi connectivity index (χ0v) is 18.5. The van der Waals surface area contributed by atoms with Crippen LogP contribution in [0.15, 0.2) is 41.5 Å². The fourth-order valence-corrected chi connectivity index (χ4v) is 4.75. The number of thiophene rings is 1. The van der Waals surface area contributed by atoms with Crippen molar-refractivity contribution in [1.82, 2.24) is 24.5 Å². The number of fused-ring (bicyclic) bond motifs is 1. The van der Waals surface area contributed by atoms with Gasteiger partial charge in [0, 0.05) is 36.3 Å². The smallest absolute Gasteiger partial charge is 0.226 e. The van der Waals surface area contributed by atoms with Crippen LogP contribution in [0.2, 0.25) is 0 Å². The third-order valence-electron chi connectivity index (χ3n) is 5.77. The molecule has 0 saturated heterocycles. The van der Waals surface area contributed by atoms with Crippen molar-refractivity contribution < 1.29 is 0 Å². The number of aromatic nitrogens is 5. The number of pyridine rings is 1. The van der Waals surface area contributed by atoms with Gasteiger partial charge in [-0.15, -0.1) is 0 Å². The molecular formula is C23H27N7S. The van der Waals surface area contributed by atoms with Crippen LogP contribution in [0.3, 0.4) is 0 Å². The van der Waals surface area contributed by atoms with Gasteiger partial charge < -0.3 is 15.2 Å². The summed E-state index contributed by atoms with van der Waals surface area (Å²) in [6.45, 7) is 3.61. The third-order valence-corrected chi connectivity index (χ3v) is 6.46. The summed E-state index contributed by atoms with van der Waals surface area (Å²) < 4.78 is 2.24. The fourth-order valence-electron chi connectivity index (χ4n) is 4.10. The molecule has 1 saturated carbocycles. The molecule has 0 atom stereocenters. The Morgan fingerprint density at radius 2 is 2.00 bits per heavy atom. The normalized spacial score (nSPS) is 14.4. The maximum atomic E-state index is 4.80. The van der Waals surface area contributed by atoms with Gasteiger partial charge in [-0.3, -0.25) is 4.98 Å². The van der Waals surface area contributed by atoms with Crippen LogP contribution in [0, 0.1) is 0 Å². The van der Waals surface area contributed by atoms with Gasteiger partial charge in [-0.1, -0.05) is 25.8 Å². The molecule has 0 aliphatic heterocycles. The lowest BCUT2D eigenvalue weighted by molar-refractivity contribution is 0.529. The van der Waals surface area contributed by atoms with Crippen molar-refractivity contribution in [2.75, 3.05) is 17.2 Å². The highest BCUT2D eigenvalue weighted by molar-refractivity contribution is 7.08. The predicted octanol–water partition coefficient (Wildman–Crippen LogP) is 5.50. The molecule has 4 aromatic heterocycles. The largest absolute Gasteiger partial charge is 0.364 e. The van der Waals surface area contributed by atoms with Crippen molar-refractivity contribution in [2.45, 2.75) is 51.6 Å². The molecule has 0 bridgehead atoms. The Balaban J connectivity index is 1.40. The van der Waals surface area contributed by atoms with E-state index >= 15 is 0 Å². The summed E-state index contributed by atoms with van der Waals surface area (Å²) >= 11 is 1.68. The second-order valence-corrected chi connectivity index (χ2v) is 8.78. The van der Waals surface area contributed by atoms with E-state index in [9.17, 15) is 0 Å². The fraction of sp³-hybridized carbons (Fsp3) is 0.391. The van der Waals surface area contributed by atoms with E-state index in [1.807, 2.05) is 12.5 Å². The lowest BCUT2D eigenvalue weighted by Crippen LogP contribution is -2.10. The standard InChI is InChI=1S/C23H27N7S/c1-2-10-24-23-28-21(20-22(29-23)30(15-27-20)18-5-3-4-6-18)26-13-16-7-8-19(25-12-16)17-9-11-31-14-17/h7-9,11-12,14-15,18H,2-6,10,13H2,1H3,(H2,24,26,28,29). The Morgan fingerprint density at radius 1 is 1.10 bits per heavy atom. The molecule has 31 heavy (non-hydrogen) atoms. The Bertz CT molecular complexity index is 1130. The Morgan fingerprint density at radius 3 is 2.74 bits per heavy atom. The zero-order valence-electron chi connectivity index (χ0n) is 17.7. The number of nitrogens with zero attached hydrogens (tertiary/aromatic N) is 5. The van der Waals surface area contributed by atoms with Gasteiger partial charge in [0.1, 0.15) is 0 Å². The molecule has 1 fully saturated rings. The molecule has 4 aromatic rings. The molecule has 4 heterocycles. The summed E-state index contributed by atoms with van der Waals surface area (Å²) in [6, 6.07) is 6.76. The first-order chi connectivity index (χ1) is 15.3. The summed E-state index contributed by atoms with van der Waals surface area (Å²) in [4.78, 5) is 18.8. The number of anilines is 2. The highest BCUT2D eigenvalue weighted by Crippen LogP contribution is 2.33. The maximum absolute atomic E-state index is 4.80. The van der Waals surface area contributed by atoms with E-state index in [-0.39, 0.29) is 0 Å². The predicted molar refractivity (Wildman–Crippen MR) is 126 cm³/mol. The number of nitrogens with one attached hydrogen (secondary N) is 2. The minimum Gasteiger partial charge on any atom is -0.364 e. The van der Waals surface area contributed by atoms with Crippen molar-refractivity contribution in [3.05, 3.63) is 47.0 Å². The number of hydrogen-bond donors (Lipinski definition) is 2. The molecule has 0 spiro atoms. The van der Waals surface area contributed by atoms with Gasteiger partial charge in [0.05, 0.1) is 12.0 Å². The van der Waals surface area contributed by atoms with Crippen molar-refractivity contribution >= 4 is 34.3 Å². The zero-order chi connectivity index (χ0) is 21.0. The summed E-state index contributed by atoms with van der Waals surface area (Å²) in [7, 11) is 0. The van der Waals surface area contributed by atoms with E-state index in [2.05, 4.69) is 61.1 Å². The average molecular weight is 434 g/mol. The highest BCUT2D eigenvalue weighted by Gasteiger charge is 2.21. The summed E-state index contributed by atoms with van der Waals surface area (Å²) in [5, 5.41) is 11.0. The first-order valence-corrected chi connectivity index (χ1v) is 12.0. The van der Waals surface area contributed by atoms with Crippen LogP contribution in [0.5, 0.6) is 0 Å². The van der Waals surface area contributed by atoms with Gasteiger partial charge in [0.15, 0.2) is 17.0 Å². The second kappa shape index (κ2) is 9.01. The topological polar surface area (TPSA) is 80.5 Å². The van der Waals surface area contributed by atoms with Crippen molar-refractivity contribution in [3.8, 4) is 11.3 Å². The van der Waals surface area contributed by atoms with Gasteiger partial charge in [0.2, 0.25) is 5.95 Å². The molecule has 160 valence electrons. The number of rotatable bonds is 8. The van der Waals surface area contributed by atoms with E-state index in [0.29, 0.717) is 18.5 Å². The Hall–Kier alpha value is -3.00. The summed E-state index contributed by atoms with van der Waals surface area (Å²) in [5.41, 5.74) is 5.00. The maximum Gasteiger partial charge on any atom is 0.226 e. The van der Waals surface area contributed by atoms with Crippen molar-refractivity contribution in [1.29, 1.82) is 0 Å². The van der Waals surface area contributed by atoms with E-state index in [1.54, 1.807) is 11.3 Å². The molecule has 1 aliphatic rings. The summed E-state index contributed by atoms with van der Waals surface area (Å²) in [5.74, 6) is 1.42. The van der Waals surface area contributed by atoms with Crippen LogP contribution in [0.4, 0.5) is 11.8 Å². The Kier molecular flexibility index (Phi) is 5.80. The first kappa shape index (κ1) is 19.9. The molecule has 5 rings (SSSR count). The SMILES string of the molecule is CCCNc1nc(NCc2ccc(-c3ccsc3)nc2)c2ncn(C3CCCC3)c2n1. The lowest BCUT2D eigenvalue weighted by Gasteiger charge is -2.13. The molecule has 8 heteroatoms. The monoisotopic (exact) mass is 433 g/mol. The van der Waals surface area contributed by atoms with E-state index in [4.69, 9.17) is 9.97 Å². The van der Waals surface area contributed by atoms with Crippen molar-refractivity contribution in [2.24, 2.45) is 0 Å². The molecule has 1 aliphatic carbocycles. The molecule has 7 nitrogen and oxygen atoms in total. The van der Waals surface area contributed by atoms with Crippen LogP contribution < -0.4 is 10.6 Å². The quantitative estimate of drug-likeness (QED) is 0.382. The van der Waals surface area contributed by atoms with Crippen molar-refractivity contribution in [3.63, 3.8) is 0 Å². The summed E-state index contributed by atoms with van der Waals surface area (Å²) in [6.07, 6.45) is 9.81. The minimum atomic E-state index is 0.487. The lowest BCUT2D eigenvalue weighted by atomic mass is 10.2. The van der Waals surface area contributed by atoms with Gasteiger partial charge >= 0.3 is 0 Å². The van der Waals surface area contributed by atoms with E-state index in [1.165, 1.54) is 25.7 Å². The average Bonchev–Trinajstić information content (AvgIpc) is 3.57. The highest BCUT2D eigenvalue weighted by atomic mass is 32.1. The van der Waals surface area contributed by atoms with Crippen LogP contribution >= 0.6 is 11.3 Å². The first-order valence-electron chi connectivity index (χ1n) is 11.0. The van der Waals surface area contributed by atoms with Gasteiger partial charge in [-0.25, -0.2) is 4.98 Å². The van der Waals surface area contributed by atoms with E-state index in [0.717, 1.165) is 46.8 Å². The second-order valence-electron chi connectivity index (χ2n) is 8.00. The van der Waals surface area contributed by atoms with Crippen LogP contribution in [-0.4, -0.2) is 31.0 Å². The number of imidazole rings is 1. The molecule has 0 amide bonds. The van der Waals surface area contributed by atoms with Gasteiger partial charge in [0.25, 0.3) is 0 Å². The minimum absolute atomic E-state index is 0.487. The van der Waals surface area contributed by atoms with Crippen LogP contribution in [0.25, 0.3) is 22.4 Å².